The van der Waals surface area contributed by atoms with Crippen LogP contribution in [0.3, 0.4) is 0 Å². The van der Waals surface area contributed by atoms with Gasteiger partial charge in [0, 0.05) is 10.6 Å². The molecule has 0 bridgehead atoms. The van der Waals surface area contributed by atoms with E-state index in [1.165, 1.54) is 0 Å². The number of hydrogen-bond acceptors (Lipinski definition) is 1. The van der Waals surface area contributed by atoms with Gasteiger partial charge >= 0.3 is 5.97 Å². The molecule has 102 valence electrons. The van der Waals surface area contributed by atoms with Crippen LogP contribution in [0.15, 0.2) is 54.6 Å². The first-order valence-electron chi connectivity index (χ1n) is 6.34. The highest BCUT2D eigenvalue weighted by atomic mass is 35.5. The van der Waals surface area contributed by atoms with E-state index in [-0.39, 0.29) is 0 Å². The van der Waals surface area contributed by atoms with Crippen LogP contribution >= 0.6 is 11.6 Å². The van der Waals surface area contributed by atoms with Gasteiger partial charge in [-0.25, -0.2) is 0 Å². The van der Waals surface area contributed by atoms with Gasteiger partial charge in [-0.2, -0.15) is 0 Å². The van der Waals surface area contributed by atoms with E-state index in [0.717, 1.165) is 21.7 Å². The quantitative estimate of drug-likeness (QED) is 0.881. The molecule has 0 aliphatic carbocycles. The Hall–Kier alpha value is -2.06. The maximum absolute atomic E-state index is 10.7. The molecule has 2 aromatic rings. The van der Waals surface area contributed by atoms with Crippen molar-refractivity contribution >= 4 is 23.6 Å². The molecule has 0 radical (unpaired) electrons. The standard InChI is InChI=1S/C17H15ClO2/c1-12(17(19)20)6-7-13-8-10-14(11-9-13)15-4-2-3-5-16(15)18/h2-12H,1H3,(H,19,20)/b7-6+. The summed E-state index contributed by atoms with van der Waals surface area (Å²) in [5.41, 5.74) is 3.00. The highest BCUT2D eigenvalue weighted by Crippen LogP contribution is 2.27. The normalized spacial score (nSPS) is 12.5. The number of rotatable bonds is 4. The SMILES string of the molecule is CC(/C=C/c1ccc(-c2ccccc2Cl)cc1)C(=O)O. The summed E-state index contributed by atoms with van der Waals surface area (Å²) in [6.45, 7) is 1.65. The Morgan fingerprint density at radius 2 is 1.80 bits per heavy atom. The van der Waals surface area contributed by atoms with E-state index in [1.807, 2.05) is 54.6 Å². The molecule has 1 N–H and O–H groups in total. The van der Waals surface area contributed by atoms with Gasteiger partial charge in [0.2, 0.25) is 0 Å². The van der Waals surface area contributed by atoms with Crippen molar-refractivity contribution in [2.45, 2.75) is 6.92 Å². The van der Waals surface area contributed by atoms with Gasteiger partial charge in [-0.1, -0.05) is 66.2 Å². The summed E-state index contributed by atoms with van der Waals surface area (Å²) in [6.07, 6.45) is 3.49. The molecule has 0 aliphatic rings. The zero-order valence-corrected chi connectivity index (χ0v) is 11.8. The first-order valence-corrected chi connectivity index (χ1v) is 6.71. The fourth-order valence-electron chi connectivity index (χ4n) is 1.81. The molecule has 2 aromatic carbocycles. The van der Waals surface area contributed by atoms with Crippen molar-refractivity contribution in [3.63, 3.8) is 0 Å². The smallest absolute Gasteiger partial charge is 0.310 e. The number of hydrogen-bond donors (Lipinski definition) is 1. The Balaban J connectivity index is 2.19. The van der Waals surface area contributed by atoms with Gasteiger partial charge in [0.15, 0.2) is 0 Å². The minimum absolute atomic E-state index is 0.488. The Morgan fingerprint density at radius 3 is 2.40 bits per heavy atom. The van der Waals surface area contributed by atoms with Crippen molar-refractivity contribution in [1.29, 1.82) is 0 Å². The molecule has 0 aliphatic heterocycles. The van der Waals surface area contributed by atoms with Gasteiger partial charge in [-0.05, 0) is 24.1 Å². The molecule has 0 saturated carbocycles. The van der Waals surface area contributed by atoms with Gasteiger partial charge in [-0.15, -0.1) is 0 Å². The number of carboxylic acids is 1. The summed E-state index contributed by atoms with van der Waals surface area (Å²) in [5.74, 6) is -1.31. The molecule has 1 unspecified atom stereocenters. The first-order chi connectivity index (χ1) is 9.58. The lowest BCUT2D eigenvalue weighted by Gasteiger charge is -2.04. The monoisotopic (exact) mass is 286 g/mol. The van der Waals surface area contributed by atoms with Crippen LogP contribution in [0.25, 0.3) is 17.2 Å². The Labute approximate surface area is 123 Å². The van der Waals surface area contributed by atoms with Gasteiger partial charge in [0.05, 0.1) is 5.92 Å². The first kappa shape index (κ1) is 14.4. The topological polar surface area (TPSA) is 37.3 Å². The van der Waals surface area contributed by atoms with Crippen LogP contribution < -0.4 is 0 Å². The molecule has 0 aromatic heterocycles. The molecule has 0 saturated heterocycles. The van der Waals surface area contributed by atoms with E-state index in [9.17, 15) is 4.79 Å². The van der Waals surface area contributed by atoms with Crippen molar-refractivity contribution in [1.82, 2.24) is 0 Å². The van der Waals surface area contributed by atoms with E-state index in [1.54, 1.807) is 13.0 Å². The summed E-state index contributed by atoms with van der Waals surface area (Å²) in [6, 6.07) is 15.5. The van der Waals surface area contributed by atoms with Crippen LogP contribution in [0, 0.1) is 5.92 Å². The summed E-state index contributed by atoms with van der Waals surface area (Å²) in [7, 11) is 0. The second kappa shape index (κ2) is 6.40. The third kappa shape index (κ3) is 3.49. The van der Waals surface area contributed by atoms with Gasteiger partial charge < -0.3 is 5.11 Å². The lowest BCUT2D eigenvalue weighted by molar-refractivity contribution is -0.139. The van der Waals surface area contributed by atoms with E-state index in [0.29, 0.717) is 0 Å². The summed E-state index contributed by atoms with van der Waals surface area (Å²) >= 11 is 6.16. The molecule has 2 rings (SSSR count). The van der Waals surface area contributed by atoms with Crippen molar-refractivity contribution in [3.05, 3.63) is 65.2 Å². The summed E-state index contributed by atoms with van der Waals surface area (Å²) in [5, 5.41) is 9.54. The lowest BCUT2D eigenvalue weighted by atomic mass is 10.0. The highest BCUT2D eigenvalue weighted by Gasteiger charge is 2.05. The van der Waals surface area contributed by atoms with Crippen LogP contribution in [-0.4, -0.2) is 11.1 Å². The summed E-state index contributed by atoms with van der Waals surface area (Å²) < 4.78 is 0. The van der Waals surface area contributed by atoms with Crippen LogP contribution in [0.4, 0.5) is 0 Å². The molecular weight excluding hydrogens is 272 g/mol. The number of halogens is 1. The van der Waals surface area contributed by atoms with Crippen LogP contribution in [0.2, 0.25) is 5.02 Å². The maximum Gasteiger partial charge on any atom is 0.310 e. The number of carboxylic acid groups (broad SMARTS) is 1. The maximum atomic E-state index is 10.7. The minimum atomic E-state index is -0.825. The number of benzene rings is 2. The summed E-state index contributed by atoms with van der Waals surface area (Å²) in [4.78, 5) is 10.7. The van der Waals surface area contributed by atoms with Crippen LogP contribution in [-0.2, 0) is 4.79 Å². The largest absolute Gasteiger partial charge is 0.481 e. The Morgan fingerprint density at radius 1 is 1.15 bits per heavy atom. The average Bonchev–Trinajstić information content (AvgIpc) is 2.46. The van der Waals surface area contributed by atoms with Crippen LogP contribution in [0.5, 0.6) is 0 Å². The van der Waals surface area contributed by atoms with Gasteiger partial charge in [-0.3, -0.25) is 4.79 Å². The fraction of sp³-hybridized carbons (Fsp3) is 0.118. The van der Waals surface area contributed by atoms with Gasteiger partial charge in [0.1, 0.15) is 0 Å². The van der Waals surface area contributed by atoms with Gasteiger partial charge in [0.25, 0.3) is 0 Å². The second-order valence-corrected chi connectivity index (χ2v) is 5.00. The number of carbonyl (C=O) groups is 1. The predicted molar refractivity (Wildman–Crippen MR) is 82.7 cm³/mol. The zero-order chi connectivity index (χ0) is 14.5. The van der Waals surface area contributed by atoms with E-state index in [4.69, 9.17) is 16.7 Å². The molecule has 0 heterocycles. The third-order valence-corrected chi connectivity index (χ3v) is 3.39. The second-order valence-electron chi connectivity index (χ2n) is 4.59. The Kier molecular flexibility index (Phi) is 4.59. The average molecular weight is 287 g/mol. The van der Waals surface area contributed by atoms with Crippen LogP contribution in [0.1, 0.15) is 12.5 Å². The molecule has 0 spiro atoms. The third-order valence-electron chi connectivity index (χ3n) is 3.06. The highest BCUT2D eigenvalue weighted by molar-refractivity contribution is 6.33. The molecule has 0 fully saturated rings. The van der Waals surface area contributed by atoms with E-state index in [2.05, 4.69) is 0 Å². The van der Waals surface area contributed by atoms with Crippen molar-refractivity contribution in [2.75, 3.05) is 0 Å². The number of aliphatic carboxylic acids is 1. The van der Waals surface area contributed by atoms with Crippen molar-refractivity contribution in [3.8, 4) is 11.1 Å². The molecule has 0 amide bonds. The van der Waals surface area contributed by atoms with E-state index >= 15 is 0 Å². The predicted octanol–water partition coefficient (Wildman–Crippen LogP) is 4.74. The Bertz CT molecular complexity index is 630. The molecule has 3 heteroatoms. The van der Waals surface area contributed by atoms with Crippen molar-refractivity contribution in [2.24, 2.45) is 5.92 Å². The molecular formula is C17H15ClO2. The lowest BCUT2D eigenvalue weighted by Crippen LogP contribution is -2.05. The fourth-order valence-corrected chi connectivity index (χ4v) is 2.05. The zero-order valence-electron chi connectivity index (χ0n) is 11.1. The molecule has 1 atom stereocenters. The molecule has 2 nitrogen and oxygen atoms in total. The van der Waals surface area contributed by atoms with Crippen molar-refractivity contribution < 1.29 is 9.90 Å². The van der Waals surface area contributed by atoms with E-state index < -0.39 is 11.9 Å². The molecule has 20 heavy (non-hydrogen) atoms. The minimum Gasteiger partial charge on any atom is -0.481 e.